The molecule has 0 aliphatic rings. The number of carbonyl (C=O) groups excluding carboxylic acids is 1. The fourth-order valence-electron chi connectivity index (χ4n) is 1.16. The topological polar surface area (TPSA) is 35.5 Å². The van der Waals surface area contributed by atoms with Crippen molar-refractivity contribution in [2.75, 3.05) is 13.7 Å². The van der Waals surface area contributed by atoms with E-state index in [1.54, 1.807) is 26.0 Å². The third kappa shape index (κ3) is 3.14. The van der Waals surface area contributed by atoms with Crippen LogP contribution < -0.4 is 4.74 Å². The molecule has 88 valence electrons. The van der Waals surface area contributed by atoms with Crippen LogP contribution in [0, 0.1) is 5.41 Å². The van der Waals surface area contributed by atoms with Gasteiger partial charge in [-0.15, -0.1) is 0 Å². The minimum absolute atomic E-state index is 0.226. The van der Waals surface area contributed by atoms with E-state index < -0.39 is 5.41 Å². The van der Waals surface area contributed by atoms with Crippen LogP contribution in [-0.2, 0) is 9.53 Å². The van der Waals surface area contributed by atoms with Crippen molar-refractivity contribution in [2.45, 2.75) is 13.8 Å². The van der Waals surface area contributed by atoms with E-state index in [4.69, 9.17) is 16.3 Å². The molecule has 1 aromatic carbocycles. The second kappa shape index (κ2) is 5.21. The molecule has 0 aliphatic carbocycles. The number of hydrogen-bond acceptors (Lipinski definition) is 3. The molecule has 0 fully saturated rings. The molecule has 0 aromatic heterocycles. The van der Waals surface area contributed by atoms with Gasteiger partial charge in [0.15, 0.2) is 0 Å². The molecule has 16 heavy (non-hydrogen) atoms. The summed E-state index contributed by atoms with van der Waals surface area (Å²) in [5.41, 5.74) is -0.687. The highest BCUT2D eigenvalue weighted by molar-refractivity contribution is 6.32. The standard InChI is InChI=1S/C12H15ClO3/c1-12(2,11(14)15-3)8-16-10-7-5-4-6-9(10)13/h4-7H,8H2,1-3H3. The number of carbonyl (C=O) groups is 1. The number of ether oxygens (including phenoxy) is 2. The van der Waals surface area contributed by atoms with Gasteiger partial charge in [0, 0.05) is 0 Å². The smallest absolute Gasteiger partial charge is 0.314 e. The lowest BCUT2D eigenvalue weighted by Gasteiger charge is -2.21. The lowest BCUT2D eigenvalue weighted by molar-refractivity contribution is -0.152. The molecule has 0 heterocycles. The van der Waals surface area contributed by atoms with E-state index in [0.29, 0.717) is 10.8 Å². The van der Waals surface area contributed by atoms with Crippen LogP contribution in [0.1, 0.15) is 13.8 Å². The van der Waals surface area contributed by atoms with Crippen LogP contribution in [0.25, 0.3) is 0 Å². The van der Waals surface area contributed by atoms with Gasteiger partial charge in [0.25, 0.3) is 0 Å². The summed E-state index contributed by atoms with van der Waals surface area (Å²) in [4.78, 5) is 11.4. The van der Waals surface area contributed by atoms with Gasteiger partial charge in [0.05, 0.1) is 17.5 Å². The number of rotatable bonds is 4. The largest absolute Gasteiger partial charge is 0.491 e. The molecule has 1 aromatic rings. The molecule has 4 heteroatoms. The van der Waals surface area contributed by atoms with E-state index in [0.717, 1.165) is 0 Å². The summed E-state index contributed by atoms with van der Waals surface area (Å²) < 4.78 is 10.2. The minimum Gasteiger partial charge on any atom is -0.491 e. The molecule has 0 aliphatic heterocycles. The average molecular weight is 243 g/mol. The zero-order valence-corrected chi connectivity index (χ0v) is 10.4. The molecule has 0 N–H and O–H groups in total. The second-order valence-corrected chi connectivity index (χ2v) is 4.50. The third-order valence-electron chi connectivity index (χ3n) is 2.16. The molecule has 0 unspecified atom stereocenters. The van der Waals surface area contributed by atoms with Crippen molar-refractivity contribution < 1.29 is 14.3 Å². The van der Waals surface area contributed by atoms with Crippen molar-refractivity contribution in [3.63, 3.8) is 0 Å². The molecular weight excluding hydrogens is 228 g/mol. The Hall–Kier alpha value is -1.22. The monoisotopic (exact) mass is 242 g/mol. The summed E-state index contributed by atoms with van der Waals surface area (Å²) in [6.45, 7) is 3.74. The summed E-state index contributed by atoms with van der Waals surface area (Å²) in [6.07, 6.45) is 0. The molecule has 1 rings (SSSR count). The average Bonchev–Trinajstić information content (AvgIpc) is 2.27. The van der Waals surface area contributed by atoms with Crippen LogP contribution in [0.4, 0.5) is 0 Å². The maximum Gasteiger partial charge on any atom is 0.314 e. The number of benzene rings is 1. The van der Waals surface area contributed by atoms with Gasteiger partial charge < -0.3 is 9.47 Å². The number of hydrogen-bond donors (Lipinski definition) is 0. The van der Waals surface area contributed by atoms with E-state index >= 15 is 0 Å². The van der Waals surface area contributed by atoms with Crippen LogP contribution in [0.3, 0.4) is 0 Å². The zero-order valence-electron chi connectivity index (χ0n) is 9.62. The van der Waals surface area contributed by atoms with Crippen LogP contribution in [0.5, 0.6) is 5.75 Å². The Kier molecular flexibility index (Phi) is 4.19. The maximum absolute atomic E-state index is 11.4. The van der Waals surface area contributed by atoms with Crippen LogP contribution >= 0.6 is 11.6 Å². The third-order valence-corrected chi connectivity index (χ3v) is 2.48. The highest BCUT2D eigenvalue weighted by Gasteiger charge is 2.29. The van der Waals surface area contributed by atoms with Crippen molar-refractivity contribution >= 4 is 17.6 Å². The highest BCUT2D eigenvalue weighted by Crippen LogP contribution is 2.26. The first-order valence-electron chi connectivity index (χ1n) is 4.93. The Labute approximate surface area is 100 Å². The van der Waals surface area contributed by atoms with Crippen molar-refractivity contribution in [3.05, 3.63) is 29.3 Å². The van der Waals surface area contributed by atoms with Gasteiger partial charge in [-0.1, -0.05) is 23.7 Å². The van der Waals surface area contributed by atoms with Crippen LogP contribution in [0.2, 0.25) is 5.02 Å². The number of methoxy groups -OCH3 is 1. The van der Waals surface area contributed by atoms with Gasteiger partial charge in [0.1, 0.15) is 12.4 Å². The van der Waals surface area contributed by atoms with Gasteiger partial charge in [-0.05, 0) is 26.0 Å². The van der Waals surface area contributed by atoms with Crippen molar-refractivity contribution in [2.24, 2.45) is 5.41 Å². The van der Waals surface area contributed by atoms with Gasteiger partial charge in [-0.3, -0.25) is 4.79 Å². The van der Waals surface area contributed by atoms with E-state index in [-0.39, 0.29) is 12.6 Å². The Bertz CT molecular complexity index is 374. The summed E-state index contributed by atoms with van der Waals surface area (Å²) in [5, 5.41) is 0.531. The van der Waals surface area contributed by atoms with Crippen LogP contribution in [0.15, 0.2) is 24.3 Å². The predicted octanol–water partition coefficient (Wildman–Crippen LogP) is 2.92. The maximum atomic E-state index is 11.4. The molecule has 0 atom stereocenters. The summed E-state index contributed by atoms with van der Waals surface area (Å²) >= 11 is 5.93. The quantitative estimate of drug-likeness (QED) is 0.762. The molecule has 0 bridgehead atoms. The lowest BCUT2D eigenvalue weighted by atomic mass is 9.95. The van der Waals surface area contributed by atoms with Crippen molar-refractivity contribution in [1.82, 2.24) is 0 Å². The summed E-state index contributed by atoms with van der Waals surface area (Å²) in [7, 11) is 1.36. The first-order valence-corrected chi connectivity index (χ1v) is 5.31. The fourth-order valence-corrected chi connectivity index (χ4v) is 1.35. The number of esters is 1. The zero-order chi connectivity index (χ0) is 12.2. The first-order chi connectivity index (χ1) is 7.47. The van der Waals surface area contributed by atoms with E-state index in [2.05, 4.69) is 4.74 Å². The summed E-state index contributed by atoms with van der Waals surface area (Å²) in [5.74, 6) is 0.265. The van der Waals surface area contributed by atoms with Gasteiger partial charge in [-0.25, -0.2) is 0 Å². The first kappa shape index (κ1) is 12.8. The SMILES string of the molecule is COC(=O)C(C)(C)COc1ccccc1Cl. The van der Waals surface area contributed by atoms with Gasteiger partial charge in [-0.2, -0.15) is 0 Å². The van der Waals surface area contributed by atoms with Crippen molar-refractivity contribution in [1.29, 1.82) is 0 Å². The molecular formula is C12H15ClO3. The van der Waals surface area contributed by atoms with Crippen molar-refractivity contribution in [3.8, 4) is 5.75 Å². The normalized spacial score (nSPS) is 11.0. The highest BCUT2D eigenvalue weighted by atomic mass is 35.5. The molecule has 0 spiro atoms. The molecule has 0 amide bonds. The minimum atomic E-state index is -0.687. The Morgan fingerprint density at radius 2 is 2.00 bits per heavy atom. The molecule has 0 radical (unpaired) electrons. The Morgan fingerprint density at radius 3 is 2.56 bits per heavy atom. The molecule has 0 saturated heterocycles. The number of halogens is 1. The van der Waals surface area contributed by atoms with Crippen LogP contribution in [-0.4, -0.2) is 19.7 Å². The predicted molar refractivity (Wildman–Crippen MR) is 62.7 cm³/mol. The Morgan fingerprint density at radius 1 is 1.38 bits per heavy atom. The molecule has 0 saturated carbocycles. The fraction of sp³-hybridized carbons (Fsp3) is 0.417. The van der Waals surface area contributed by atoms with E-state index in [1.165, 1.54) is 7.11 Å². The lowest BCUT2D eigenvalue weighted by Crippen LogP contribution is -2.32. The Balaban J connectivity index is 2.65. The van der Waals surface area contributed by atoms with Gasteiger partial charge >= 0.3 is 5.97 Å². The second-order valence-electron chi connectivity index (χ2n) is 4.09. The van der Waals surface area contributed by atoms with Gasteiger partial charge in [0.2, 0.25) is 0 Å². The van der Waals surface area contributed by atoms with E-state index in [1.807, 2.05) is 12.1 Å². The summed E-state index contributed by atoms with van der Waals surface area (Å²) in [6, 6.07) is 7.14. The molecule has 3 nitrogen and oxygen atoms in total. The number of para-hydroxylation sites is 1. The van der Waals surface area contributed by atoms with E-state index in [9.17, 15) is 4.79 Å².